The molecule has 100 valence electrons. The number of anilines is 1. The van der Waals surface area contributed by atoms with Gasteiger partial charge in [-0.25, -0.2) is 0 Å². The Bertz CT molecular complexity index is 572. The largest absolute Gasteiger partial charge is 0.376 e. The Balaban J connectivity index is 2.25. The summed E-state index contributed by atoms with van der Waals surface area (Å²) >= 11 is 9.66. The number of nitrogens with one attached hydrogen (secondary N) is 1. The molecule has 1 unspecified atom stereocenters. The van der Waals surface area contributed by atoms with Crippen LogP contribution in [-0.4, -0.2) is 6.54 Å². The van der Waals surface area contributed by atoms with Crippen LogP contribution >= 0.6 is 27.5 Å². The Morgan fingerprint density at radius 1 is 1.26 bits per heavy atom. The molecule has 1 atom stereocenters. The first-order chi connectivity index (χ1) is 9.11. The van der Waals surface area contributed by atoms with Crippen molar-refractivity contribution in [2.45, 2.75) is 13.0 Å². The second-order valence-corrected chi connectivity index (χ2v) is 5.68. The van der Waals surface area contributed by atoms with E-state index in [2.05, 4.69) is 40.3 Å². The van der Waals surface area contributed by atoms with Gasteiger partial charge in [0.2, 0.25) is 0 Å². The Morgan fingerprint density at radius 2 is 2.00 bits per heavy atom. The van der Waals surface area contributed by atoms with Crippen LogP contribution in [0.1, 0.15) is 17.2 Å². The first-order valence-corrected chi connectivity index (χ1v) is 7.26. The van der Waals surface area contributed by atoms with Crippen molar-refractivity contribution >= 4 is 33.2 Å². The van der Waals surface area contributed by atoms with Gasteiger partial charge in [-0.15, -0.1) is 0 Å². The minimum absolute atomic E-state index is 0.0479. The number of nitrogens with two attached hydrogens (primary N) is 1. The van der Waals surface area contributed by atoms with E-state index in [1.165, 1.54) is 5.56 Å². The van der Waals surface area contributed by atoms with Crippen molar-refractivity contribution in [2.75, 3.05) is 11.9 Å². The Kier molecular flexibility index (Phi) is 4.86. The van der Waals surface area contributed by atoms with Gasteiger partial charge in [-0.2, -0.15) is 0 Å². The summed E-state index contributed by atoms with van der Waals surface area (Å²) in [6, 6.07) is 14.0. The second-order valence-electron chi connectivity index (χ2n) is 4.42. The zero-order valence-corrected chi connectivity index (χ0v) is 13.0. The summed E-state index contributed by atoms with van der Waals surface area (Å²) in [5, 5.41) is 4.09. The Morgan fingerprint density at radius 3 is 2.63 bits per heavy atom. The average molecular weight is 340 g/mol. The van der Waals surface area contributed by atoms with Gasteiger partial charge < -0.3 is 11.1 Å². The maximum atomic E-state index is 6.16. The molecule has 0 aromatic heterocycles. The van der Waals surface area contributed by atoms with E-state index in [-0.39, 0.29) is 6.04 Å². The van der Waals surface area contributed by atoms with Crippen molar-refractivity contribution in [2.24, 2.45) is 5.73 Å². The van der Waals surface area contributed by atoms with E-state index in [1.54, 1.807) is 0 Å². The van der Waals surface area contributed by atoms with Gasteiger partial charge in [0.15, 0.2) is 0 Å². The summed E-state index contributed by atoms with van der Waals surface area (Å²) < 4.78 is 1.10. The molecule has 2 aromatic carbocycles. The van der Waals surface area contributed by atoms with Crippen molar-refractivity contribution in [3.05, 3.63) is 63.1 Å². The third kappa shape index (κ3) is 3.50. The smallest absolute Gasteiger partial charge is 0.0637 e. The SMILES string of the molecule is Cc1cc(C(CN)Nc2ccccc2Cl)ccc1Br. The number of halogens is 2. The number of rotatable bonds is 4. The lowest BCUT2D eigenvalue weighted by molar-refractivity contribution is 0.789. The van der Waals surface area contributed by atoms with Crippen LogP contribution in [0, 0.1) is 6.92 Å². The molecule has 3 N–H and O–H groups in total. The molecule has 2 rings (SSSR count). The molecule has 19 heavy (non-hydrogen) atoms. The number of aryl methyl sites for hydroxylation is 1. The molecule has 0 aliphatic carbocycles. The molecule has 0 aliphatic heterocycles. The normalized spacial score (nSPS) is 12.2. The molecule has 0 aliphatic rings. The Hall–Kier alpha value is -1.03. The zero-order chi connectivity index (χ0) is 13.8. The summed E-state index contributed by atoms with van der Waals surface area (Å²) in [5.41, 5.74) is 9.12. The fraction of sp³-hybridized carbons (Fsp3) is 0.200. The summed E-state index contributed by atoms with van der Waals surface area (Å²) in [7, 11) is 0. The van der Waals surface area contributed by atoms with Crippen molar-refractivity contribution < 1.29 is 0 Å². The molecule has 0 bridgehead atoms. The zero-order valence-electron chi connectivity index (χ0n) is 10.7. The van der Waals surface area contributed by atoms with Gasteiger partial charge in [0.05, 0.1) is 16.8 Å². The van der Waals surface area contributed by atoms with Crippen LogP contribution in [0.5, 0.6) is 0 Å². The molecule has 0 saturated heterocycles. The maximum Gasteiger partial charge on any atom is 0.0637 e. The molecule has 0 radical (unpaired) electrons. The topological polar surface area (TPSA) is 38.0 Å². The average Bonchev–Trinajstić information content (AvgIpc) is 2.41. The van der Waals surface area contributed by atoms with Gasteiger partial charge in [-0.05, 0) is 36.2 Å². The number of hydrogen-bond acceptors (Lipinski definition) is 2. The van der Waals surface area contributed by atoms with Gasteiger partial charge >= 0.3 is 0 Å². The standard InChI is InChI=1S/C15H16BrClN2/c1-10-8-11(6-7-12(10)16)15(9-18)19-14-5-3-2-4-13(14)17/h2-8,15,19H,9,18H2,1H3. The van der Waals surface area contributed by atoms with E-state index < -0.39 is 0 Å². The number of benzene rings is 2. The first-order valence-electron chi connectivity index (χ1n) is 6.09. The van der Waals surface area contributed by atoms with E-state index >= 15 is 0 Å². The van der Waals surface area contributed by atoms with Crippen LogP contribution in [0.3, 0.4) is 0 Å². The molecule has 0 fully saturated rings. The van der Waals surface area contributed by atoms with Gasteiger partial charge in [0.1, 0.15) is 0 Å². The van der Waals surface area contributed by atoms with Crippen LogP contribution in [0.4, 0.5) is 5.69 Å². The summed E-state index contributed by atoms with van der Waals surface area (Å²) in [6.07, 6.45) is 0. The molecule has 2 nitrogen and oxygen atoms in total. The first kappa shape index (κ1) is 14.4. The van der Waals surface area contributed by atoms with Crippen LogP contribution < -0.4 is 11.1 Å². The van der Waals surface area contributed by atoms with Crippen LogP contribution in [0.25, 0.3) is 0 Å². The predicted molar refractivity (Wildman–Crippen MR) is 85.7 cm³/mol. The van der Waals surface area contributed by atoms with Crippen molar-refractivity contribution in [3.8, 4) is 0 Å². The van der Waals surface area contributed by atoms with E-state index in [0.29, 0.717) is 11.6 Å². The third-order valence-corrected chi connectivity index (χ3v) is 4.24. The predicted octanol–water partition coefficient (Wildman–Crippen LogP) is 4.52. The molecule has 0 saturated carbocycles. The summed E-state index contributed by atoms with van der Waals surface area (Å²) in [6.45, 7) is 2.57. The molecular formula is C15H16BrClN2. The molecule has 0 spiro atoms. The fourth-order valence-electron chi connectivity index (χ4n) is 1.93. The van der Waals surface area contributed by atoms with Gasteiger partial charge in [0, 0.05) is 11.0 Å². The van der Waals surface area contributed by atoms with Crippen LogP contribution in [0.15, 0.2) is 46.9 Å². The van der Waals surface area contributed by atoms with E-state index in [4.69, 9.17) is 17.3 Å². The number of hydrogen-bond donors (Lipinski definition) is 2. The highest BCUT2D eigenvalue weighted by Gasteiger charge is 2.11. The van der Waals surface area contributed by atoms with E-state index in [1.807, 2.05) is 30.3 Å². The van der Waals surface area contributed by atoms with Gasteiger partial charge in [-0.3, -0.25) is 0 Å². The highest BCUT2D eigenvalue weighted by molar-refractivity contribution is 9.10. The van der Waals surface area contributed by atoms with Gasteiger partial charge in [-0.1, -0.05) is 51.8 Å². The van der Waals surface area contributed by atoms with Gasteiger partial charge in [0.25, 0.3) is 0 Å². The third-order valence-electron chi connectivity index (χ3n) is 3.02. The Labute approximate surface area is 127 Å². The quantitative estimate of drug-likeness (QED) is 0.859. The van der Waals surface area contributed by atoms with E-state index in [0.717, 1.165) is 15.7 Å². The van der Waals surface area contributed by atoms with Crippen molar-refractivity contribution in [1.82, 2.24) is 0 Å². The van der Waals surface area contributed by atoms with Crippen molar-refractivity contribution in [1.29, 1.82) is 0 Å². The van der Waals surface area contributed by atoms with Crippen molar-refractivity contribution in [3.63, 3.8) is 0 Å². The highest BCUT2D eigenvalue weighted by Crippen LogP contribution is 2.27. The molecular weight excluding hydrogens is 324 g/mol. The number of para-hydroxylation sites is 1. The molecule has 2 aromatic rings. The second kappa shape index (κ2) is 6.42. The molecule has 4 heteroatoms. The monoisotopic (exact) mass is 338 g/mol. The minimum atomic E-state index is 0.0479. The van der Waals surface area contributed by atoms with Crippen LogP contribution in [0.2, 0.25) is 5.02 Å². The summed E-state index contributed by atoms with van der Waals surface area (Å²) in [4.78, 5) is 0. The lowest BCUT2D eigenvalue weighted by Gasteiger charge is -2.20. The highest BCUT2D eigenvalue weighted by atomic mass is 79.9. The lowest BCUT2D eigenvalue weighted by atomic mass is 10.0. The minimum Gasteiger partial charge on any atom is -0.376 e. The maximum absolute atomic E-state index is 6.16. The lowest BCUT2D eigenvalue weighted by Crippen LogP contribution is -2.20. The molecule has 0 amide bonds. The van der Waals surface area contributed by atoms with E-state index in [9.17, 15) is 0 Å². The fourth-order valence-corrected chi connectivity index (χ4v) is 2.37. The van der Waals surface area contributed by atoms with Crippen LogP contribution in [-0.2, 0) is 0 Å². The summed E-state index contributed by atoms with van der Waals surface area (Å²) in [5.74, 6) is 0. The molecule has 0 heterocycles.